The molecule has 0 saturated carbocycles. The van der Waals surface area contributed by atoms with Crippen molar-refractivity contribution >= 4 is 17.3 Å². The molecule has 0 bridgehead atoms. The topological polar surface area (TPSA) is 85.0 Å². The van der Waals surface area contributed by atoms with Crippen molar-refractivity contribution in [3.8, 4) is 0 Å². The summed E-state index contributed by atoms with van der Waals surface area (Å²) in [4.78, 5) is 28.4. The Hall–Kier alpha value is -2.51. The van der Waals surface area contributed by atoms with E-state index in [-0.39, 0.29) is 5.91 Å². The largest absolute Gasteiger partial charge is 0.383 e. The lowest BCUT2D eigenvalue weighted by atomic mass is 10.1. The average molecular weight is 316 g/mol. The molecule has 2 aromatic heterocycles. The number of carbonyl (C=O) groups is 1. The molecular weight excluding hydrogens is 296 g/mol. The molecule has 3 rings (SSSR count). The minimum Gasteiger partial charge on any atom is -0.383 e. The second-order valence-corrected chi connectivity index (χ2v) is 5.89. The molecule has 8 heteroatoms. The molecule has 2 aromatic rings. The number of hydrogen-bond acceptors (Lipinski definition) is 6. The smallest absolute Gasteiger partial charge is 0.266 e. The van der Waals surface area contributed by atoms with E-state index in [1.165, 1.54) is 0 Å². The Morgan fingerprint density at radius 3 is 2.96 bits per heavy atom. The number of carbonyl (C=O) groups excluding carboxylic acids is 1. The summed E-state index contributed by atoms with van der Waals surface area (Å²) in [7, 11) is 0. The molecule has 1 aliphatic rings. The van der Waals surface area contributed by atoms with Crippen molar-refractivity contribution in [1.29, 1.82) is 0 Å². The highest BCUT2D eigenvalue weighted by Gasteiger charge is 2.28. The van der Waals surface area contributed by atoms with Crippen LogP contribution in [-0.4, -0.2) is 48.7 Å². The fourth-order valence-electron chi connectivity index (χ4n) is 2.61. The van der Waals surface area contributed by atoms with Crippen LogP contribution in [0, 0.1) is 6.92 Å². The van der Waals surface area contributed by atoms with Gasteiger partial charge in [0.2, 0.25) is 6.10 Å². The van der Waals surface area contributed by atoms with Crippen LogP contribution in [0.3, 0.4) is 0 Å². The highest BCUT2D eigenvalue weighted by molar-refractivity contribution is 5.82. The summed E-state index contributed by atoms with van der Waals surface area (Å²) in [6.45, 7) is 8.28. The van der Waals surface area contributed by atoms with E-state index >= 15 is 0 Å². The lowest BCUT2D eigenvalue weighted by molar-refractivity contribution is -0.143. The summed E-state index contributed by atoms with van der Waals surface area (Å²) in [6, 6.07) is 0. The summed E-state index contributed by atoms with van der Waals surface area (Å²) in [5, 5.41) is 8.14. The van der Waals surface area contributed by atoms with Gasteiger partial charge >= 0.3 is 0 Å². The Kier molecular flexibility index (Phi) is 3.97. The molecular formula is C15H20N6O2. The van der Waals surface area contributed by atoms with Crippen LogP contribution < -0.4 is 0 Å². The first-order valence-electron chi connectivity index (χ1n) is 7.61. The minimum atomic E-state index is -0.612. The summed E-state index contributed by atoms with van der Waals surface area (Å²) in [5.41, 5.74) is 3.47. The van der Waals surface area contributed by atoms with Crippen LogP contribution in [0.15, 0.2) is 11.5 Å². The van der Waals surface area contributed by atoms with E-state index in [4.69, 9.17) is 4.84 Å². The Morgan fingerprint density at radius 2 is 2.22 bits per heavy atom. The highest BCUT2D eigenvalue weighted by Crippen LogP contribution is 2.21. The van der Waals surface area contributed by atoms with Gasteiger partial charge in [-0.1, -0.05) is 5.16 Å². The molecule has 0 spiro atoms. The van der Waals surface area contributed by atoms with Crippen molar-refractivity contribution in [2.45, 2.75) is 46.8 Å². The lowest BCUT2D eigenvalue weighted by Crippen LogP contribution is -2.42. The van der Waals surface area contributed by atoms with Gasteiger partial charge in [0, 0.05) is 18.5 Å². The Labute approximate surface area is 134 Å². The molecule has 0 aliphatic carbocycles. The molecule has 0 N–H and O–H groups in total. The van der Waals surface area contributed by atoms with Crippen molar-refractivity contribution in [3.63, 3.8) is 0 Å². The second kappa shape index (κ2) is 5.94. The number of amides is 1. The summed E-state index contributed by atoms with van der Waals surface area (Å²) >= 11 is 0. The summed E-state index contributed by atoms with van der Waals surface area (Å²) < 4.78 is 1.66. The number of fused-ring (bicyclic) bond motifs is 3. The first kappa shape index (κ1) is 15.4. The van der Waals surface area contributed by atoms with E-state index in [2.05, 4.69) is 20.2 Å². The maximum absolute atomic E-state index is 12.5. The van der Waals surface area contributed by atoms with E-state index in [0.29, 0.717) is 25.3 Å². The van der Waals surface area contributed by atoms with Crippen molar-refractivity contribution in [1.82, 2.24) is 24.5 Å². The van der Waals surface area contributed by atoms with Gasteiger partial charge in [-0.25, -0.2) is 14.5 Å². The predicted molar refractivity (Wildman–Crippen MR) is 84.0 cm³/mol. The Morgan fingerprint density at radius 1 is 1.43 bits per heavy atom. The maximum atomic E-state index is 12.5. The average Bonchev–Trinajstić information content (AvgIpc) is 2.92. The van der Waals surface area contributed by atoms with Crippen LogP contribution in [0.25, 0.3) is 5.65 Å². The molecule has 0 fully saturated rings. The lowest BCUT2D eigenvalue weighted by Gasteiger charge is -2.29. The van der Waals surface area contributed by atoms with Gasteiger partial charge < -0.3 is 9.74 Å². The SMILES string of the molecule is CC(C)=NOC(C)C(=O)N1CCc2ncn3nc(C)nc3c2C1. The van der Waals surface area contributed by atoms with Crippen LogP contribution in [0.4, 0.5) is 0 Å². The first-order chi connectivity index (χ1) is 11.0. The number of nitrogens with zero attached hydrogens (tertiary/aromatic N) is 6. The van der Waals surface area contributed by atoms with Gasteiger partial charge in [0.25, 0.3) is 5.91 Å². The zero-order valence-electron chi connectivity index (χ0n) is 13.8. The van der Waals surface area contributed by atoms with E-state index in [1.807, 2.05) is 20.8 Å². The number of hydrogen-bond donors (Lipinski definition) is 0. The van der Waals surface area contributed by atoms with Crippen LogP contribution >= 0.6 is 0 Å². The van der Waals surface area contributed by atoms with Crippen LogP contribution in [0.2, 0.25) is 0 Å². The standard InChI is InChI=1S/C15H20N6O2/c1-9(2)19-23-10(3)15(22)20-6-5-13-12(7-20)14-17-11(4)18-21(14)8-16-13/h8,10H,5-7H2,1-4H3. The second-order valence-electron chi connectivity index (χ2n) is 5.89. The predicted octanol–water partition coefficient (Wildman–Crippen LogP) is 1.12. The quantitative estimate of drug-likeness (QED) is 0.626. The number of rotatable bonds is 3. The fourth-order valence-corrected chi connectivity index (χ4v) is 2.61. The summed E-state index contributed by atoms with van der Waals surface area (Å²) in [5.74, 6) is 0.604. The van der Waals surface area contributed by atoms with Crippen molar-refractivity contribution in [2.24, 2.45) is 5.16 Å². The molecule has 0 saturated heterocycles. The molecule has 8 nitrogen and oxygen atoms in total. The van der Waals surface area contributed by atoms with Crippen molar-refractivity contribution in [3.05, 3.63) is 23.4 Å². The van der Waals surface area contributed by atoms with Crippen molar-refractivity contribution in [2.75, 3.05) is 6.54 Å². The molecule has 1 aliphatic heterocycles. The van der Waals surface area contributed by atoms with E-state index in [1.54, 1.807) is 22.7 Å². The van der Waals surface area contributed by atoms with Gasteiger partial charge in [0.15, 0.2) is 5.65 Å². The van der Waals surface area contributed by atoms with Gasteiger partial charge in [-0.15, -0.1) is 0 Å². The molecule has 1 atom stereocenters. The molecule has 3 heterocycles. The third kappa shape index (κ3) is 3.01. The van der Waals surface area contributed by atoms with E-state index in [0.717, 1.165) is 22.6 Å². The zero-order chi connectivity index (χ0) is 16.6. The monoisotopic (exact) mass is 316 g/mol. The number of oxime groups is 1. The van der Waals surface area contributed by atoms with Crippen molar-refractivity contribution < 1.29 is 9.63 Å². The molecule has 122 valence electrons. The maximum Gasteiger partial charge on any atom is 0.266 e. The molecule has 1 unspecified atom stereocenters. The van der Waals surface area contributed by atoms with Gasteiger partial charge in [-0.2, -0.15) is 5.10 Å². The fraction of sp³-hybridized carbons (Fsp3) is 0.533. The molecule has 1 amide bonds. The zero-order valence-corrected chi connectivity index (χ0v) is 13.8. The van der Waals surface area contributed by atoms with Crippen LogP contribution in [-0.2, 0) is 22.6 Å². The van der Waals surface area contributed by atoms with E-state index < -0.39 is 6.10 Å². The van der Waals surface area contributed by atoms with Crippen LogP contribution in [0.5, 0.6) is 0 Å². The summed E-state index contributed by atoms with van der Waals surface area (Å²) in [6.07, 6.45) is 1.77. The van der Waals surface area contributed by atoms with Gasteiger partial charge in [-0.3, -0.25) is 4.79 Å². The minimum absolute atomic E-state index is 0.0844. The highest BCUT2D eigenvalue weighted by atomic mass is 16.6. The molecule has 0 aromatic carbocycles. The number of aryl methyl sites for hydroxylation is 1. The Bertz CT molecular complexity index is 778. The Balaban J connectivity index is 1.83. The number of aromatic nitrogens is 4. The molecule has 23 heavy (non-hydrogen) atoms. The van der Waals surface area contributed by atoms with E-state index in [9.17, 15) is 4.79 Å². The third-order valence-corrected chi connectivity index (χ3v) is 3.70. The van der Waals surface area contributed by atoms with Gasteiger partial charge in [0.05, 0.1) is 18.0 Å². The third-order valence-electron chi connectivity index (χ3n) is 3.70. The normalized spacial score (nSPS) is 15.2. The van der Waals surface area contributed by atoms with Gasteiger partial charge in [-0.05, 0) is 27.7 Å². The molecule has 0 radical (unpaired) electrons. The van der Waals surface area contributed by atoms with Crippen LogP contribution in [0.1, 0.15) is 37.9 Å². The van der Waals surface area contributed by atoms with Gasteiger partial charge in [0.1, 0.15) is 12.2 Å². The first-order valence-corrected chi connectivity index (χ1v) is 7.61.